The molecule has 0 spiro atoms. The van der Waals surface area contributed by atoms with Crippen LogP contribution in [0.25, 0.3) is 22.3 Å². The molecule has 5 unspecified atom stereocenters. The number of ether oxygens (including phenoxy) is 4. The van der Waals surface area contributed by atoms with Gasteiger partial charge in [-0.15, -0.1) is 0 Å². The van der Waals surface area contributed by atoms with E-state index in [0.717, 1.165) is 36.6 Å². The van der Waals surface area contributed by atoms with Gasteiger partial charge in [0.1, 0.15) is 54.1 Å². The Morgan fingerprint density at radius 3 is 2.14 bits per heavy atom. The second-order valence-corrected chi connectivity index (χ2v) is 24.4. The molecule has 0 aromatic carbocycles. The zero-order valence-corrected chi connectivity index (χ0v) is 43.9. The van der Waals surface area contributed by atoms with Gasteiger partial charge in [-0.05, 0) is 13.8 Å². The number of nitrogen functional groups attached to an aromatic ring is 2. The maximum Gasteiger partial charge on any atom is 0.490 e. The third-order valence-corrected chi connectivity index (χ3v) is 18.3. The van der Waals surface area contributed by atoms with Crippen molar-refractivity contribution < 1.29 is 104 Å². The highest BCUT2D eigenvalue weighted by Crippen LogP contribution is 2.68. The molecule has 3 aliphatic heterocycles. The van der Waals surface area contributed by atoms with Crippen LogP contribution in [-0.4, -0.2) is 166 Å². The van der Waals surface area contributed by atoms with Crippen LogP contribution < -0.4 is 38.2 Å². The lowest BCUT2D eigenvalue weighted by Crippen LogP contribution is -2.45. The van der Waals surface area contributed by atoms with Crippen molar-refractivity contribution in [3.63, 3.8) is 0 Å². The topological polar surface area (TPSA) is 527 Å². The number of amides is 1. The third-order valence-electron chi connectivity index (χ3n) is 12.2. The number of carbonyl (C=O) groups excluding carboxylic acids is 1. The van der Waals surface area contributed by atoms with Crippen LogP contribution in [0.15, 0.2) is 45.6 Å². The summed E-state index contributed by atoms with van der Waals surface area (Å²) >= 11 is 0. The first-order valence-electron chi connectivity index (χ1n) is 22.5. The summed E-state index contributed by atoms with van der Waals surface area (Å²) in [5.74, 6) is -2.28. The minimum absolute atomic E-state index is 0.0118. The number of phosphoric ester groups is 2. The number of rotatable bonds is 21. The van der Waals surface area contributed by atoms with Crippen molar-refractivity contribution in [3.8, 4) is 0 Å². The van der Waals surface area contributed by atoms with E-state index in [4.69, 9.17) is 44.0 Å². The zero-order valence-electron chi connectivity index (χ0n) is 40.3. The number of anilines is 2. The van der Waals surface area contributed by atoms with Gasteiger partial charge in [0, 0.05) is 37.8 Å². The molecule has 0 bridgehead atoms. The van der Waals surface area contributed by atoms with E-state index in [1.165, 1.54) is 27.1 Å². The number of aromatic nitrogens is 10. The van der Waals surface area contributed by atoms with Gasteiger partial charge in [0.2, 0.25) is 17.7 Å². The lowest BCUT2D eigenvalue weighted by Gasteiger charge is -2.28. The van der Waals surface area contributed by atoms with Gasteiger partial charge in [-0.2, -0.15) is 8.62 Å². The number of carbonyl (C=O) groups is 1. The van der Waals surface area contributed by atoms with Crippen molar-refractivity contribution >= 4 is 71.1 Å². The summed E-state index contributed by atoms with van der Waals surface area (Å²) in [4.78, 5) is 114. The van der Waals surface area contributed by atoms with Crippen LogP contribution in [0.4, 0.5) is 11.8 Å². The molecule has 1 amide bonds. The minimum Gasteiger partial charge on any atom is -0.387 e. The maximum absolute atomic E-state index is 14.3. The number of methoxy groups -OCH3 is 1. The Hall–Kier alpha value is -5.07. The number of fused-ring (bicyclic) bond motifs is 2. The van der Waals surface area contributed by atoms with Crippen molar-refractivity contribution in [1.82, 2.24) is 48.9 Å². The van der Waals surface area contributed by atoms with Gasteiger partial charge in [-0.25, -0.2) is 38.0 Å². The van der Waals surface area contributed by atoms with Gasteiger partial charge in [-0.3, -0.25) is 51.7 Å². The Morgan fingerprint density at radius 1 is 0.844 bits per heavy atom. The number of nitrogens with two attached hydrogens (primary N) is 2. The van der Waals surface area contributed by atoms with Crippen molar-refractivity contribution in [2.45, 2.75) is 93.4 Å². The Bertz CT molecular complexity index is 3410. The largest absolute Gasteiger partial charge is 0.490 e. The molecular formula is C36H52N13O24P4+. The highest BCUT2D eigenvalue weighted by molar-refractivity contribution is 7.66. The highest BCUT2D eigenvalue weighted by atomic mass is 31.3. The number of nitrogens with zero attached hydrogens (tertiary/aromatic N) is 8. The molecule has 3 aliphatic rings. The summed E-state index contributed by atoms with van der Waals surface area (Å²) in [6.07, 6.45) is -12.7. The van der Waals surface area contributed by atoms with Crippen LogP contribution in [-0.2, 0) is 71.2 Å². The molecule has 424 valence electrons. The molecule has 5 aromatic rings. The molecule has 37 nitrogen and oxygen atoms in total. The highest BCUT2D eigenvalue weighted by Gasteiger charge is 2.58. The normalized spacial score (nSPS) is 29.9. The molecule has 0 saturated carbocycles. The van der Waals surface area contributed by atoms with E-state index < -0.39 is 153 Å². The lowest BCUT2D eigenvalue weighted by atomic mass is 9.94. The number of phosphoric acid groups is 3. The summed E-state index contributed by atoms with van der Waals surface area (Å²) in [7, 11) is -21.0. The molecular weight excluding hydrogens is 1120 g/mol. The van der Waals surface area contributed by atoms with E-state index in [-0.39, 0.29) is 40.1 Å². The fraction of sp³-hybridized carbons (Fsp3) is 0.583. The molecule has 8 heterocycles. The van der Waals surface area contributed by atoms with Gasteiger partial charge < -0.3 is 75.1 Å². The number of aryl methyl sites for hydroxylation is 1. The second kappa shape index (κ2) is 22.2. The summed E-state index contributed by atoms with van der Waals surface area (Å²) in [5.41, 5.74) is 7.13. The molecule has 41 heteroatoms. The predicted octanol–water partition coefficient (Wildman–Crippen LogP) is -3.64. The minimum atomic E-state index is -6.25. The Labute approximate surface area is 430 Å². The van der Waals surface area contributed by atoms with E-state index in [0.29, 0.717) is 0 Å². The van der Waals surface area contributed by atoms with Crippen molar-refractivity contribution in [2.75, 3.05) is 38.4 Å². The SMILES string of the molecule is CO[C@@H]1[C@H](P(=O)(O)OC[C@H]2O[C@@H](n3ccc(=O)[nH]c3=O)[C@H](O)[C@@H]2O)[C@@H](COP(=O)(O)OP(=O)(O)OP(=O)(O)OC[C@H]2OC([n+]3cn(C)c4c(=O)[nH]c(N)nc43)[C@H](O)[C@@H]2CC(=O)NC(C)C)O[C@H]1n1cnc2c(N)ncnc21. The fourth-order valence-corrected chi connectivity index (χ4v) is 14.2. The third kappa shape index (κ3) is 12.4. The number of imidazole rings is 2. The molecule has 8 rings (SSSR count). The summed E-state index contributed by atoms with van der Waals surface area (Å²) in [6.45, 7) is -0.0987. The number of aromatic amines is 2. The van der Waals surface area contributed by atoms with Gasteiger partial charge in [0.15, 0.2) is 30.2 Å². The molecule has 0 aliphatic carbocycles. The molecule has 3 fully saturated rings. The van der Waals surface area contributed by atoms with Gasteiger partial charge in [0.25, 0.3) is 17.1 Å². The molecule has 3 saturated heterocycles. The number of aliphatic hydroxyl groups is 3. The average molecular weight is 1170 g/mol. The Kier molecular flexibility index (Phi) is 16.8. The monoisotopic (exact) mass is 1170 g/mol. The molecule has 14 N–H and O–H groups in total. The number of H-pyrrole nitrogens is 2. The van der Waals surface area contributed by atoms with Crippen LogP contribution in [0.5, 0.6) is 0 Å². The van der Waals surface area contributed by atoms with E-state index in [9.17, 15) is 72.3 Å². The molecule has 5 aromatic heterocycles. The smallest absolute Gasteiger partial charge is 0.387 e. The molecule has 77 heavy (non-hydrogen) atoms. The van der Waals surface area contributed by atoms with Gasteiger partial charge >= 0.3 is 42.4 Å². The predicted molar refractivity (Wildman–Crippen MR) is 252 cm³/mol. The maximum atomic E-state index is 14.3. The van der Waals surface area contributed by atoms with E-state index in [2.05, 4.69) is 38.9 Å². The first-order valence-corrected chi connectivity index (χ1v) is 28.6. The van der Waals surface area contributed by atoms with Crippen molar-refractivity contribution in [2.24, 2.45) is 13.0 Å². The van der Waals surface area contributed by atoms with Crippen LogP contribution in [0.1, 0.15) is 39.0 Å². The van der Waals surface area contributed by atoms with Crippen LogP contribution in [0.3, 0.4) is 0 Å². The zero-order chi connectivity index (χ0) is 56.3. The quantitative estimate of drug-likeness (QED) is 0.0249. The number of nitrogens with one attached hydrogen (secondary N) is 3. The van der Waals surface area contributed by atoms with Crippen LogP contribution in [0.2, 0.25) is 0 Å². The molecule has 0 radical (unpaired) electrons. The average Bonchev–Trinajstić information content (AvgIpc) is 4.18. The van der Waals surface area contributed by atoms with E-state index in [1.54, 1.807) is 13.8 Å². The van der Waals surface area contributed by atoms with E-state index in [1.807, 2.05) is 4.98 Å². The van der Waals surface area contributed by atoms with Crippen molar-refractivity contribution in [1.29, 1.82) is 0 Å². The van der Waals surface area contributed by atoms with Crippen LogP contribution in [0, 0.1) is 5.92 Å². The summed E-state index contributed by atoms with van der Waals surface area (Å²) in [5, 5.41) is 35.6. The summed E-state index contributed by atoms with van der Waals surface area (Å²) < 4.78 is 105. The van der Waals surface area contributed by atoms with Crippen molar-refractivity contribution in [3.05, 3.63) is 62.4 Å². The van der Waals surface area contributed by atoms with Gasteiger partial charge in [0.05, 0.1) is 39.3 Å². The second-order valence-electron chi connectivity index (χ2n) is 17.8. The standard InChI is InChI=1S/C36H51N13O24P4/c1-14(2)42-20(51)7-15-16(69-32(23(15)52)49-13-46(3)22-30(49)44-35(38)45-31(22)55)8-67-75(59,60)72-77(63,64)73-76(61,62)68-10-18-27(26(65-4)34(71-18)48-12-41-21-28(37)39-11-40-29(21)48)74(57,58)66-9-17-24(53)25(54)33(70-17)47-6-5-19(50)43-36(47)56/h5-6,11-18,23-27,32-34,52-54H,7-10H2,1-4H3,(H10-,37,38,39,40,42,43,44,45,50,51,55,56,57,58,59,60,61,62,63,64)/p+1/t15-,16-,17-,18-,23-,24-,25-,26-,27-,32?,33-,34-/m1/s1. The number of aliphatic hydroxyl groups excluding tert-OH is 3. The van der Waals surface area contributed by atoms with Gasteiger partial charge in [-0.1, -0.05) is 4.98 Å². The Morgan fingerprint density at radius 2 is 1.49 bits per heavy atom. The molecule has 16 atom stereocenters. The van der Waals surface area contributed by atoms with E-state index >= 15 is 0 Å². The summed E-state index contributed by atoms with van der Waals surface area (Å²) in [6, 6.07) is 0.549. The number of hydrogen-bond donors (Lipinski definition) is 12. The first kappa shape index (κ1) is 58.1. The fourth-order valence-electron chi connectivity index (χ4n) is 8.92. The van der Waals surface area contributed by atoms with Crippen LogP contribution >= 0.6 is 31.1 Å². The first-order chi connectivity index (χ1) is 36.0. The number of hydrogen-bond acceptors (Lipinski definition) is 26. The lowest BCUT2D eigenvalue weighted by molar-refractivity contribution is -0.745. The Balaban J connectivity index is 0.969.